The van der Waals surface area contributed by atoms with Crippen molar-refractivity contribution in [3.63, 3.8) is 0 Å². The van der Waals surface area contributed by atoms with Crippen LogP contribution >= 0.6 is 23.4 Å². The normalized spacial score (nSPS) is 12.4. The number of aryl methyl sites for hydroxylation is 1. The van der Waals surface area contributed by atoms with Crippen molar-refractivity contribution in [3.8, 4) is 0 Å². The maximum Gasteiger partial charge on any atom is 0.209 e. The second-order valence-electron chi connectivity index (χ2n) is 3.84. The van der Waals surface area contributed by atoms with Gasteiger partial charge in [-0.3, -0.25) is 9.89 Å². The number of hydrogen-bond acceptors (Lipinski definition) is 4. The van der Waals surface area contributed by atoms with Gasteiger partial charge in [0.1, 0.15) is 5.82 Å². The van der Waals surface area contributed by atoms with Gasteiger partial charge in [-0.05, 0) is 26.0 Å². The molecule has 94 valence electrons. The smallest absolute Gasteiger partial charge is 0.209 e. The minimum absolute atomic E-state index is 0.0185. The molecule has 1 aromatic heterocycles. The van der Waals surface area contributed by atoms with Crippen LogP contribution in [-0.2, 0) is 0 Å². The molecule has 0 saturated heterocycles. The number of carbonyl (C=O) groups excluding carboxylic acids is 1. The van der Waals surface area contributed by atoms with Gasteiger partial charge >= 0.3 is 0 Å². The number of ketones is 1. The Morgan fingerprint density at radius 2 is 2.28 bits per heavy atom. The summed E-state index contributed by atoms with van der Waals surface area (Å²) in [4.78, 5) is 16.3. The summed E-state index contributed by atoms with van der Waals surface area (Å²) >= 11 is 7.20. The van der Waals surface area contributed by atoms with Crippen molar-refractivity contribution in [2.24, 2.45) is 0 Å². The molecule has 0 fully saturated rings. The Hall–Kier alpha value is -1.33. The fraction of sp³-hybridized carbons (Fsp3) is 0.250. The highest BCUT2D eigenvalue weighted by Crippen LogP contribution is 2.23. The molecule has 0 saturated carbocycles. The first-order valence-corrected chi connectivity index (χ1v) is 6.67. The number of H-pyrrole nitrogens is 1. The van der Waals surface area contributed by atoms with Gasteiger partial charge in [0.05, 0.1) is 5.25 Å². The highest BCUT2D eigenvalue weighted by atomic mass is 35.5. The number of carbonyl (C=O) groups is 1. The van der Waals surface area contributed by atoms with Crippen LogP contribution in [0.4, 0.5) is 0 Å². The van der Waals surface area contributed by atoms with E-state index in [4.69, 9.17) is 11.6 Å². The van der Waals surface area contributed by atoms with Crippen LogP contribution in [0, 0.1) is 6.92 Å². The zero-order chi connectivity index (χ0) is 13.1. The Bertz CT molecular complexity index is 570. The van der Waals surface area contributed by atoms with E-state index in [0.717, 1.165) is 5.82 Å². The van der Waals surface area contributed by atoms with E-state index in [2.05, 4.69) is 15.2 Å². The Morgan fingerprint density at radius 3 is 2.89 bits per heavy atom. The summed E-state index contributed by atoms with van der Waals surface area (Å²) in [5.74, 6) is 0.754. The molecule has 1 N–H and O–H groups in total. The lowest BCUT2D eigenvalue weighted by Gasteiger charge is -2.07. The molecule has 0 spiro atoms. The summed E-state index contributed by atoms with van der Waals surface area (Å²) in [7, 11) is 0. The van der Waals surface area contributed by atoms with Gasteiger partial charge in [-0.25, -0.2) is 4.98 Å². The van der Waals surface area contributed by atoms with E-state index in [-0.39, 0.29) is 11.0 Å². The standard InChI is InChI=1S/C12H12ClN3OS/c1-7(18-12-14-8(2)15-16-12)11(17)9-4-3-5-10(13)6-9/h3-7H,1-2H3,(H,14,15,16). The van der Waals surface area contributed by atoms with E-state index < -0.39 is 0 Å². The fourth-order valence-electron chi connectivity index (χ4n) is 1.46. The molecule has 1 heterocycles. The van der Waals surface area contributed by atoms with Crippen molar-refractivity contribution in [2.75, 3.05) is 0 Å². The van der Waals surface area contributed by atoms with Crippen LogP contribution in [0.25, 0.3) is 0 Å². The van der Waals surface area contributed by atoms with E-state index in [1.807, 2.05) is 13.8 Å². The first-order valence-electron chi connectivity index (χ1n) is 5.41. The summed E-state index contributed by atoms with van der Waals surface area (Å²) in [5.41, 5.74) is 0.606. The van der Waals surface area contributed by atoms with Crippen molar-refractivity contribution in [1.29, 1.82) is 0 Å². The Balaban J connectivity index is 2.09. The molecule has 0 amide bonds. The average Bonchev–Trinajstić information content (AvgIpc) is 2.73. The van der Waals surface area contributed by atoms with Gasteiger partial charge in [0.2, 0.25) is 5.16 Å². The molecular weight excluding hydrogens is 270 g/mol. The van der Waals surface area contributed by atoms with E-state index in [1.54, 1.807) is 24.3 Å². The lowest BCUT2D eigenvalue weighted by atomic mass is 10.1. The number of nitrogens with zero attached hydrogens (tertiary/aromatic N) is 2. The van der Waals surface area contributed by atoms with E-state index in [1.165, 1.54) is 11.8 Å². The summed E-state index contributed by atoms with van der Waals surface area (Å²) in [5, 5.41) is 7.64. The van der Waals surface area contributed by atoms with Gasteiger partial charge < -0.3 is 0 Å². The highest BCUT2D eigenvalue weighted by molar-refractivity contribution is 8.00. The third-order valence-corrected chi connectivity index (χ3v) is 3.53. The van der Waals surface area contributed by atoms with E-state index >= 15 is 0 Å². The topological polar surface area (TPSA) is 58.6 Å². The zero-order valence-electron chi connectivity index (χ0n) is 9.98. The van der Waals surface area contributed by atoms with Crippen molar-refractivity contribution in [2.45, 2.75) is 24.3 Å². The van der Waals surface area contributed by atoms with Gasteiger partial charge in [-0.1, -0.05) is 35.5 Å². The molecular formula is C12H12ClN3OS. The largest absolute Gasteiger partial charge is 0.293 e. The second kappa shape index (κ2) is 5.54. The first-order chi connectivity index (χ1) is 8.56. The maximum atomic E-state index is 12.2. The predicted octanol–water partition coefficient (Wildman–Crippen LogP) is 3.13. The fourth-order valence-corrected chi connectivity index (χ4v) is 2.50. The minimum atomic E-state index is -0.251. The number of Topliss-reactive ketones (excluding diaryl/α,β-unsaturated/α-hetero) is 1. The molecule has 0 aliphatic rings. The number of halogens is 1. The predicted molar refractivity (Wildman–Crippen MR) is 72.2 cm³/mol. The van der Waals surface area contributed by atoms with Gasteiger partial charge in [0.25, 0.3) is 0 Å². The Labute approximate surface area is 114 Å². The molecule has 1 aromatic carbocycles. The lowest BCUT2D eigenvalue weighted by molar-refractivity contribution is 0.0994. The van der Waals surface area contributed by atoms with Crippen molar-refractivity contribution < 1.29 is 4.79 Å². The first kappa shape index (κ1) is 13.1. The maximum absolute atomic E-state index is 12.2. The molecule has 2 rings (SSSR count). The molecule has 4 nitrogen and oxygen atoms in total. The number of benzene rings is 1. The molecule has 0 aliphatic heterocycles. The summed E-state index contributed by atoms with van der Waals surface area (Å²) in [6.07, 6.45) is 0. The SMILES string of the molecule is Cc1nc(SC(C)C(=O)c2cccc(Cl)c2)n[nH]1. The summed E-state index contributed by atoms with van der Waals surface area (Å²) < 4.78 is 0. The van der Waals surface area contributed by atoms with E-state index in [9.17, 15) is 4.79 Å². The third-order valence-electron chi connectivity index (χ3n) is 2.34. The third kappa shape index (κ3) is 3.11. The van der Waals surface area contributed by atoms with Gasteiger partial charge in [0.15, 0.2) is 5.78 Å². The van der Waals surface area contributed by atoms with Crippen LogP contribution in [0.1, 0.15) is 23.1 Å². The molecule has 0 bridgehead atoms. The highest BCUT2D eigenvalue weighted by Gasteiger charge is 2.18. The number of rotatable bonds is 4. The molecule has 0 aliphatic carbocycles. The van der Waals surface area contributed by atoms with Crippen LogP contribution in [0.2, 0.25) is 5.02 Å². The van der Waals surface area contributed by atoms with Gasteiger partial charge in [-0.15, -0.1) is 5.10 Å². The second-order valence-corrected chi connectivity index (χ2v) is 5.58. The van der Waals surface area contributed by atoms with Crippen molar-refractivity contribution >= 4 is 29.1 Å². The average molecular weight is 282 g/mol. The molecule has 1 unspecified atom stereocenters. The molecule has 1 atom stereocenters. The van der Waals surface area contributed by atoms with E-state index in [0.29, 0.717) is 15.7 Å². The quantitative estimate of drug-likeness (QED) is 0.691. The molecule has 6 heteroatoms. The summed E-state index contributed by atoms with van der Waals surface area (Å²) in [6, 6.07) is 6.94. The summed E-state index contributed by atoms with van der Waals surface area (Å²) in [6.45, 7) is 3.65. The van der Waals surface area contributed by atoms with Crippen LogP contribution in [0.5, 0.6) is 0 Å². The number of thioether (sulfide) groups is 1. The van der Waals surface area contributed by atoms with Gasteiger partial charge in [-0.2, -0.15) is 0 Å². The number of aromatic amines is 1. The zero-order valence-corrected chi connectivity index (χ0v) is 11.5. The van der Waals surface area contributed by atoms with Crippen LogP contribution < -0.4 is 0 Å². The van der Waals surface area contributed by atoms with Gasteiger partial charge in [0, 0.05) is 10.6 Å². The Morgan fingerprint density at radius 1 is 1.50 bits per heavy atom. The van der Waals surface area contributed by atoms with Crippen molar-refractivity contribution in [3.05, 3.63) is 40.7 Å². The van der Waals surface area contributed by atoms with Crippen molar-refractivity contribution in [1.82, 2.24) is 15.2 Å². The monoisotopic (exact) mass is 281 g/mol. The van der Waals surface area contributed by atoms with Crippen LogP contribution in [-0.4, -0.2) is 26.2 Å². The number of aromatic nitrogens is 3. The lowest BCUT2D eigenvalue weighted by Crippen LogP contribution is -2.13. The Kier molecular flexibility index (Phi) is 4.04. The van der Waals surface area contributed by atoms with Crippen LogP contribution in [0.15, 0.2) is 29.4 Å². The minimum Gasteiger partial charge on any atom is -0.293 e. The molecule has 0 radical (unpaired) electrons. The molecule has 2 aromatic rings. The number of nitrogens with one attached hydrogen (secondary N) is 1. The molecule has 18 heavy (non-hydrogen) atoms. The van der Waals surface area contributed by atoms with Crippen LogP contribution in [0.3, 0.4) is 0 Å². The number of hydrogen-bond donors (Lipinski definition) is 1.